The highest BCUT2D eigenvalue weighted by Crippen LogP contribution is 2.19. The molecule has 1 aromatic heterocycles. The maximum absolute atomic E-state index is 11.0. The number of rotatable bonds is 4. The number of carboxylic acid groups (broad SMARTS) is 1. The zero-order valence-electron chi connectivity index (χ0n) is 9.46. The highest BCUT2D eigenvalue weighted by Gasteiger charge is 2.34. The summed E-state index contributed by atoms with van der Waals surface area (Å²) in [6, 6.07) is -0.353. The highest BCUT2D eigenvalue weighted by molar-refractivity contribution is 6.28. The van der Waals surface area contributed by atoms with E-state index in [1.807, 2.05) is 0 Å². The van der Waals surface area contributed by atoms with E-state index < -0.39 is 17.9 Å². The van der Waals surface area contributed by atoms with Crippen molar-refractivity contribution >= 4 is 23.5 Å². The fraction of sp³-hybridized carbons (Fsp3) is 0.556. The molecule has 8 nitrogen and oxygen atoms in total. The van der Waals surface area contributed by atoms with Gasteiger partial charge in [-0.25, -0.2) is 0 Å². The van der Waals surface area contributed by atoms with Gasteiger partial charge in [-0.2, -0.15) is 15.0 Å². The zero-order valence-corrected chi connectivity index (χ0v) is 10.2. The van der Waals surface area contributed by atoms with Gasteiger partial charge < -0.3 is 19.9 Å². The smallest absolute Gasteiger partial charge is 0.322 e. The van der Waals surface area contributed by atoms with E-state index in [1.54, 1.807) is 0 Å². The molecule has 0 saturated carbocycles. The van der Waals surface area contributed by atoms with Crippen molar-refractivity contribution in [1.29, 1.82) is 0 Å². The Morgan fingerprint density at radius 1 is 1.50 bits per heavy atom. The van der Waals surface area contributed by atoms with Crippen LogP contribution in [0.2, 0.25) is 5.28 Å². The van der Waals surface area contributed by atoms with Crippen LogP contribution in [0, 0.1) is 5.92 Å². The molecular weight excluding hydrogens is 264 g/mol. The predicted molar refractivity (Wildman–Crippen MR) is 60.7 cm³/mol. The molecule has 2 atom stereocenters. The maximum Gasteiger partial charge on any atom is 0.322 e. The van der Waals surface area contributed by atoms with Gasteiger partial charge >= 0.3 is 12.0 Å². The number of hydrogen-bond donors (Lipinski definition) is 2. The summed E-state index contributed by atoms with van der Waals surface area (Å²) < 4.78 is 9.95. The Morgan fingerprint density at radius 3 is 2.94 bits per heavy atom. The topological polar surface area (TPSA) is 106 Å². The van der Waals surface area contributed by atoms with Crippen LogP contribution in [0.15, 0.2) is 0 Å². The number of ether oxygens (including phenoxy) is 2. The third-order valence-electron chi connectivity index (χ3n) is 2.48. The number of anilines is 1. The molecule has 98 valence electrons. The second kappa shape index (κ2) is 5.32. The first-order valence-corrected chi connectivity index (χ1v) is 5.50. The van der Waals surface area contributed by atoms with Gasteiger partial charge in [0.05, 0.1) is 26.4 Å². The van der Waals surface area contributed by atoms with Crippen molar-refractivity contribution in [3.05, 3.63) is 5.28 Å². The SMILES string of the molecule is COc1nc(Cl)nc(NC2COCC2C(=O)O)n1. The van der Waals surface area contributed by atoms with Crippen LogP contribution >= 0.6 is 11.6 Å². The molecule has 2 rings (SSSR count). The van der Waals surface area contributed by atoms with E-state index >= 15 is 0 Å². The van der Waals surface area contributed by atoms with Crippen molar-refractivity contribution in [2.75, 3.05) is 25.6 Å². The number of halogens is 1. The standard InChI is InChI=1S/C9H11ClN4O4/c1-17-9-13-7(10)12-8(14-9)11-5-3-18-2-4(5)6(15)16/h4-5H,2-3H2,1H3,(H,15,16)(H,11,12,13,14). The van der Waals surface area contributed by atoms with Gasteiger partial charge in [0, 0.05) is 0 Å². The van der Waals surface area contributed by atoms with Crippen LogP contribution in [0.4, 0.5) is 5.95 Å². The Bertz CT molecular complexity index is 458. The Kier molecular flexibility index (Phi) is 3.78. The lowest BCUT2D eigenvalue weighted by Gasteiger charge is -2.15. The first kappa shape index (κ1) is 12.8. The predicted octanol–water partition coefficient (Wildman–Crippen LogP) is 0.0451. The molecule has 0 bridgehead atoms. The van der Waals surface area contributed by atoms with Gasteiger partial charge in [0.2, 0.25) is 11.2 Å². The van der Waals surface area contributed by atoms with Crippen molar-refractivity contribution in [2.45, 2.75) is 6.04 Å². The minimum Gasteiger partial charge on any atom is -0.481 e. The minimum atomic E-state index is -0.933. The minimum absolute atomic E-state index is 0.0323. The van der Waals surface area contributed by atoms with Crippen LogP contribution in [0.3, 0.4) is 0 Å². The first-order chi connectivity index (χ1) is 8.60. The Balaban J connectivity index is 2.13. The number of nitrogens with one attached hydrogen (secondary N) is 1. The summed E-state index contributed by atoms with van der Waals surface area (Å²) in [6.07, 6.45) is 0. The first-order valence-electron chi connectivity index (χ1n) is 5.13. The van der Waals surface area contributed by atoms with Gasteiger partial charge in [-0.1, -0.05) is 0 Å². The van der Waals surface area contributed by atoms with E-state index in [9.17, 15) is 4.79 Å². The van der Waals surface area contributed by atoms with E-state index in [0.717, 1.165) is 0 Å². The summed E-state index contributed by atoms with van der Waals surface area (Å²) in [5.41, 5.74) is 0. The van der Waals surface area contributed by atoms with Gasteiger partial charge in [0.1, 0.15) is 5.92 Å². The molecule has 2 unspecified atom stereocenters. The second-order valence-electron chi connectivity index (χ2n) is 3.65. The van der Waals surface area contributed by atoms with E-state index in [4.69, 9.17) is 26.2 Å². The molecule has 2 heterocycles. The summed E-state index contributed by atoms with van der Waals surface area (Å²) in [5.74, 6) is -1.42. The Labute approximate surface area is 107 Å². The van der Waals surface area contributed by atoms with E-state index in [1.165, 1.54) is 7.11 Å². The number of carboxylic acids is 1. The number of hydrogen-bond acceptors (Lipinski definition) is 7. The molecule has 9 heteroatoms. The molecule has 18 heavy (non-hydrogen) atoms. The number of methoxy groups -OCH3 is 1. The van der Waals surface area contributed by atoms with Crippen LogP contribution in [-0.2, 0) is 9.53 Å². The Morgan fingerprint density at radius 2 is 2.28 bits per heavy atom. The summed E-state index contributed by atoms with van der Waals surface area (Å²) in [7, 11) is 1.40. The normalized spacial score (nSPS) is 22.8. The second-order valence-corrected chi connectivity index (χ2v) is 3.99. The lowest BCUT2D eigenvalue weighted by molar-refractivity contribution is -0.141. The van der Waals surface area contributed by atoms with Crippen LogP contribution in [0.25, 0.3) is 0 Å². The molecule has 1 aliphatic heterocycles. The summed E-state index contributed by atoms with van der Waals surface area (Å²) in [6.45, 7) is 0.422. The molecule has 1 aromatic rings. The number of aromatic nitrogens is 3. The molecule has 0 radical (unpaired) electrons. The monoisotopic (exact) mass is 274 g/mol. The lowest BCUT2D eigenvalue weighted by Crippen LogP contribution is -2.33. The molecule has 1 aliphatic rings. The molecule has 1 saturated heterocycles. The fourth-order valence-corrected chi connectivity index (χ4v) is 1.75. The van der Waals surface area contributed by atoms with Crippen molar-refractivity contribution in [3.63, 3.8) is 0 Å². The third-order valence-corrected chi connectivity index (χ3v) is 2.65. The summed E-state index contributed by atoms with van der Waals surface area (Å²) >= 11 is 5.68. The van der Waals surface area contributed by atoms with Crippen molar-refractivity contribution in [3.8, 4) is 6.01 Å². The van der Waals surface area contributed by atoms with E-state index in [0.29, 0.717) is 0 Å². The molecular formula is C9H11ClN4O4. The average molecular weight is 275 g/mol. The van der Waals surface area contributed by atoms with Crippen LogP contribution in [-0.4, -0.2) is 52.4 Å². The quantitative estimate of drug-likeness (QED) is 0.793. The molecule has 2 N–H and O–H groups in total. The fourth-order valence-electron chi connectivity index (χ4n) is 1.59. The van der Waals surface area contributed by atoms with Crippen molar-refractivity contribution in [1.82, 2.24) is 15.0 Å². The van der Waals surface area contributed by atoms with Crippen LogP contribution < -0.4 is 10.1 Å². The van der Waals surface area contributed by atoms with Gasteiger partial charge in [-0.3, -0.25) is 4.79 Å². The third kappa shape index (κ3) is 2.77. The largest absolute Gasteiger partial charge is 0.481 e. The highest BCUT2D eigenvalue weighted by atomic mass is 35.5. The van der Waals surface area contributed by atoms with Crippen LogP contribution in [0.1, 0.15) is 0 Å². The summed E-state index contributed by atoms with van der Waals surface area (Å²) in [5, 5.41) is 11.8. The molecule has 0 spiro atoms. The lowest BCUT2D eigenvalue weighted by atomic mass is 10.0. The molecule has 0 aliphatic carbocycles. The van der Waals surface area contributed by atoms with Crippen molar-refractivity contribution in [2.24, 2.45) is 5.92 Å². The van der Waals surface area contributed by atoms with Gasteiger partial charge in [0.25, 0.3) is 0 Å². The van der Waals surface area contributed by atoms with Gasteiger partial charge in [-0.15, -0.1) is 0 Å². The number of aliphatic carboxylic acids is 1. The van der Waals surface area contributed by atoms with E-state index in [2.05, 4.69) is 20.3 Å². The molecule has 1 fully saturated rings. The zero-order chi connectivity index (χ0) is 13.1. The molecule has 0 amide bonds. The maximum atomic E-state index is 11.0. The molecule has 0 aromatic carbocycles. The summed E-state index contributed by atoms with van der Waals surface area (Å²) in [4.78, 5) is 22.4. The number of nitrogens with zero attached hydrogens (tertiary/aromatic N) is 3. The Hall–Kier alpha value is -1.67. The van der Waals surface area contributed by atoms with Gasteiger partial charge in [-0.05, 0) is 11.6 Å². The van der Waals surface area contributed by atoms with Crippen LogP contribution in [0.5, 0.6) is 6.01 Å². The van der Waals surface area contributed by atoms with Crippen molar-refractivity contribution < 1.29 is 19.4 Å². The number of carbonyl (C=O) groups is 1. The van der Waals surface area contributed by atoms with E-state index in [-0.39, 0.29) is 30.5 Å². The average Bonchev–Trinajstić information content (AvgIpc) is 2.76. The van der Waals surface area contributed by atoms with Gasteiger partial charge in [0.15, 0.2) is 0 Å².